The van der Waals surface area contributed by atoms with E-state index in [9.17, 15) is 13.2 Å². The molecule has 9 heteroatoms. The van der Waals surface area contributed by atoms with E-state index >= 15 is 0 Å². The topological polar surface area (TPSA) is 77.7 Å². The van der Waals surface area contributed by atoms with Gasteiger partial charge in [0, 0.05) is 0 Å². The summed E-state index contributed by atoms with van der Waals surface area (Å²) in [5.74, 6) is 0.164. The van der Waals surface area contributed by atoms with Crippen molar-refractivity contribution in [3.8, 4) is 5.75 Å². The van der Waals surface area contributed by atoms with E-state index in [1.807, 2.05) is 31.2 Å². The molecule has 0 saturated carbocycles. The first kappa shape index (κ1) is 20.9. The zero-order valence-corrected chi connectivity index (χ0v) is 19.9. The van der Waals surface area contributed by atoms with Gasteiger partial charge in [0.25, 0.3) is 5.56 Å². The SMILES string of the molecule is Cc1ccc(S(=O)(=O)Oc2ccc(C=c3sc4nc5ccccc5n4c3=O)cc2Br)cc1. The fraction of sp³-hybridized carbons (Fsp3) is 0.0435. The molecule has 32 heavy (non-hydrogen) atoms. The van der Waals surface area contributed by atoms with E-state index in [0.29, 0.717) is 14.0 Å². The van der Waals surface area contributed by atoms with Crippen molar-refractivity contribution in [2.45, 2.75) is 11.8 Å². The van der Waals surface area contributed by atoms with Gasteiger partial charge >= 0.3 is 10.1 Å². The Bertz CT molecular complexity index is 1710. The number of benzene rings is 3. The van der Waals surface area contributed by atoms with Crippen molar-refractivity contribution in [3.63, 3.8) is 0 Å². The van der Waals surface area contributed by atoms with Crippen molar-refractivity contribution in [2.24, 2.45) is 0 Å². The zero-order chi connectivity index (χ0) is 22.5. The number of halogens is 1. The highest BCUT2D eigenvalue weighted by Crippen LogP contribution is 2.29. The van der Waals surface area contributed by atoms with Crippen molar-refractivity contribution in [3.05, 3.63) is 97.2 Å². The number of hydrogen-bond acceptors (Lipinski definition) is 6. The Morgan fingerprint density at radius 3 is 2.56 bits per heavy atom. The van der Waals surface area contributed by atoms with Crippen molar-refractivity contribution in [1.82, 2.24) is 9.38 Å². The lowest BCUT2D eigenvalue weighted by molar-refractivity contribution is 0.484. The van der Waals surface area contributed by atoms with Crippen LogP contribution in [0.2, 0.25) is 0 Å². The minimum absolute atomic E-state index is 0.0794. The summed E-state index contributed by atoms with van der Waals surface area (Å²) in [5.41, 5.74) is 3.09. The number of para-hydroxylation sites is 2. The van der Waals surface area contributed by atoms with Crippen LogP contribution in [0, 0.1) is 6.92 Å². The Labute approximate surface area is 195 Å². The van der Waals surface area contributed by atoms with Gasteiger partial charge in [0.2, 0.25) is 0 Å². The van der Waals surface area contributed by atoms with Gasteiger partial charge in [-0.1, -0.05) is 47.2 Å². The summed E-state index contributed by atoms with van der Waals surface area (Å²) in [5, 5.41) is 0. The van der Waals surface area contributed by atoms with Crippen LogP contribution < -0.4 is 14.3 Å². The third-order valence-electron chi connectivity index (χ3n) is 4.91. The van der Waals surface area contributed by atoms with E-state index in [1.165, 1.54) is 23.5 Å². The molecule has 5 aromatic rings. The number of fused-ring (bicyclic) bond motifs is 3. The van der Waals surface area contributed by atoms with Crippen LogP contribution in [-0.4, -0.2) is 17.8 Å². The van der Waals surface area contributed by atoms with Crippen LogP contribution in [0.5, 0.6) is 5.75 Å². The fourth-order valence-corrected chi connectivity index (χ4v) is 5.83. The first-order chi connectivity index (χ1) is 15.3. The number of aryl methyl sites for hydroxylation is 1. The lowest BCUT2D eigenvalue weighted by atomic mass is 10.2. The molecule has 6 nitrogen and oxygen atoms in total. The van der Waals surface area contributed by atoms with Gasteiger partial charge in [-0.3, -0.25) is 4.79 Å². The summed E-state index contributed by atoms with van der Waals surface area (Å²) >= 11 is 4.68. The average Bonchev–Trinajstić information content (AvgIpc) is 3.26. The van der Waals surface area contributed by atoms with Crippen LogP contribution in [0.25, 0.3) is 22.1 Å². The number of thiazole rings is 1. The average molecular weight is 527 g/mol. The summed E-state index contributed by atoms with van der Waals surface area (Å²) in [6, 6.07) is 18.9. The highest BCUT2D eigenvalue weighted by Gasteiger charge is 2.18. The van der Waals surface area contributed by atoms with Crippen LogP contribution in [-0.2, 0) is 10.1 Å². The van der Waals surface area contributed by atoms with Gasteiger partial charge in [-0.05, 0) is 70.9 Å². The van der Waals surface area contributed by atoms with Gasteiger partial charge in [0.1, 0.15) is 4.90 Å². The molecule has 0 atom stereocenters. The standard InChI is InChI=1S/C23H15BrN2O4S2/c1-14-6-9-16(10-7-14)32(28,29)30-20-11-8-15(12-17(20)24)13-21-22(27)26-19-5-3-2-4-18(19)25-23(26)31-21/h2-13H,1H3. The highest BCUT2D eigenvalue weighted by molar-refractivity contribution is 9.10. The third-order valence-corrected chi connectivity index (χ3v) is 7.74. The van der Waals surface area contributed by atoms with E-state index in [4.69, 9.17) is 4.18 Å². The number of aromatic nitrogens is 2. The molecule has 0 radical (unpaired) electrons. The number of nitrogens with zero attached hydrogens (tertiary/aromatic N) is 2. The van der Waals surface area contributed by atoms with Crippen LogP contribution in [0.4, 0.5) is 0 Å². The zero-order valence-electron chi connectivity index (χ0n) is 16.7. The van der Waals surface area contributed by atoms with Crippen molar-refractivity contribution in [2.75, 3.05) is 0 Å². The first-order valence-corrected chi connectivity index (χ1v) is 12.6. The second-order valence-electron chi connectivity index (χ2n) is 7.17. The number of hydrogen-bond donors (Lipinski definition) is 0. The van der Waals surface area contributed by atoms with Crippen molar-refractivity contribution < 1.29 is 12.6 Å². The Hall–Kier alpha value is -3.01. The maximum Gasteiger partial charge on any atom is 0.339 e. The van der Waals surface area contributed by atoms with Gasteiger partial charge in [0.05, 0.1) is 20.0 Å². The molecule has 2 heterocycles. The Balaban J connectivity index is 1.49. The fourth-order valence-electron chi connectivity index (χ4n) is 3.31. The normalized spacial score (nSPS) is 12.6. The van der Waals surface area contributed by atoms with Crippen molar-refractivity contribution in [1.29, 1.82) is 0 Å². The van der Waals surface area contributed by atoms with Crippen molar-refractivity contribution >= 4 is 59.5 Å². The quantitative estimate of drug-likeness (QED) is 0.326. The molecule has 2 aromatic heterocycles. The molecule has 0 unspecified atom stereocenters. The summed E-state index contributed by atoms with van der Waals surface area (Å²) < 4.78 is 33.0. The van der Waals surface area contributed by atoms with E-state index in [2.05, 4.69) is 20.9 Å². The predicted octanol–water partition coefficient (Wildman–Crippen LogP) is 4.30. The lowest BCUT2D eigenvalue weighted by Crippen LogP contribution is -2.22. The number of rotatable bonds is 4. The van der Waals surface area contributed by atoms with E-state index in [-0.39, 0.29) is 16.2 Å². The van der Waals surface area contributed by atoms with E-state index < -0.39 is 10.1 Å². The molecule has 0 aliphatic rings. The monoisotopic (exact) mass is 526 g/mol. The molecule has 0 bridgehead atoms. The third kappa shape index (κ3) is 3.72. The predicted molar refractivity (Wildman–Crippen MR) is 129 cm³/mol. The van der Waals surface area contributed by atoms with Crippen LogP contribution in [0.1, 0.15) is 11.1 Å². The van der Waals surface area contributed by atoms with E-state index in [1.54, 1.807) is 40.8 Å². The molecule has 0 aliphatic carbocycles. The second-order valence-corrected chi connectivity index (χ2v) is 10.6. The van der Waals surface area contributed by atoms with Crippen LogP contribution >= 0.6 is 27.3 Å². The summed E-state index contributed by atoms with van der Waals surface area (Å²) in [7, 11) is -3.96. The first-order valence-electron chi connectivity index (χ1n) is 9.54. The van der Waals surface area contributed by atoms with Gasteiger partial charge in [-0.25, -0.2) is 9.38 Å². The van der Waals surface area contributed by atoms with E-state index in [0.717, 1.165) is 22.2 Å². The highest BCUT2D eigenvalue weighted by atomic mass is 79.9. The molecule has 0 aliphatic heterocycles. The molecule has 0 amide bonds. The Morgan fingerprint density at radius 1 is 1.06 bits per heavy atom. The minimum atomic E-state index is -3.96. The molecule has 3 aromatic carbocycles. The molecule has 0 spiro atoms. The lowest BCUT2D eigenvalue weighted by Gasteiger charge is -2.09. The van der Waals surface area contributed by atoms with Crippen LogP contribution in [0.15, 0.2) is 80.9 Å². The molecule has 0 N–H and O–H groups in total. The largest absolute Gasteiger partial charge is 0.378 e. The molecular formula is C23H15BrN2O4S2. The maximum atomic E-state index is 12.9. The Kier molecular flexibility index (Phi) is 5.11. The molecule has 160 valence electrons. The van der Waals surface area contributed by atoms with Crippen LogP contribution in [0.3, 0.4) is 0 Å². The summed E-state index contributed by atoms with van der Waals surface area (Å²) in [6.45, 7) is 1.88. The molecule has 0 fully saturated rings. The van der Waals surface area contributed by atoms with Gasteiger partial charge in [-0.15, -0.1) is 0 Å². The molecule has 5 rings (SSSR count). The van der Waals surface area contributed by atoms with Gasteiger partial charge in [0.15, 0.2) is 10.7 Å². The number of imidazole rings is 1. The summed E-state index contributed by atoms with van der Waals surface area (Å²) in [6.07, 6.45) is 1.75. The van der Waals surface area contributed by atoms with Gasteiger partial charge in [-0.2, -0.15) is 8.42 Å². The maximum absolute atomic E-state index is 12.9. The smallest absolute Gasteiger partial charge is 0.339 e. The second kappa shape index (κ2) is 7.84. The molecule has 0 saturated heterocycles. The Morgan fingerprint density at radius 2 is 1.81 bits per heavy atom. The summed E-state index contributed by atoms with van der Waals surface area (Å²) in [4.78, 5) is 18.1. The molecular weight excluding hydrogens is 512 g/mol. The minimum Gasteiger partial charge on any atom is -0.378 e. The van der Waals surface area contributed by atoms with Gasteiger partial charge < -0.3 is 4.18 Å².